The normalized spacial score (nSPS) is 12.5. The average molecular weight is 451 g/mol. The zero-order chi connectivity index (χ0) is 21.5. The monoisotopic (exact) mass is 450 g/mol. The molecular weight excluding hydrogens is 426 g/mol. The van der Waals surface area contributed by atoms with Crippen LogP contribution in [-0.2, 0) is 6.54 Å². The number of fused-ring (bicyclic) bond motifs is 1. The molecule has 0 aliphatic heterocycles. The molecule has 1 atom stereocenters. The Balaban J connectivity index is 1.56. The molecule has 160 valence electrons. The van der Waals surface area contributed by atoms with E-state index in [1.807, 2.05) is 23.1 Å². The lowest BCUT2D eigenvalue weighted by molar-refractivity contribution is 0.186. The van der Waals surface area contributed by atoms with Crippen molar-refractivity contribution < 1.29 is 9.50 Å². The molecule has 0 aliphatic carbocycles. The fourth-order valence-electron chi connectivity index (χ4n) is 3.39. The van der Waals surface area contributed by atoms with Gasteiger partial charge in [-0.2, -0.15) is 0 Å². The Morgan fingerprint density at radius 2 is 2.00 bits per heavy atom. The summed E-state index contributed by atoms with van der Waals surface area (Å²) in [7, 11) is 0. The van der Waals surface area contributed by atoms with Crippen LogP contribution in [0.5, 0.6) is 0 Å². The molecular formula is C22H25Cl2FN4O. The Labute approximate surface area is 185 Å². The summed E-state index contributed by atoms with van der Waals surface area (Å²) < 4.78 is 14.1. The minimum absolute atomic E-state index is 0.00929. The number of nitrogens with one attached hydrogen (secondary N) is 1. The van der Waals surface area contributed by atoms with Crippen molar-refractivity contribution in [3.63, 3.8) is 0 Å². The van der Waals surface area contributed by atoms with Crippen LogP contribution in [0.4, 0.5) is 10.2 Å². The number of aromatic nitrogens is 2. The lowest BCUT2D eigenvalue weighted by atomic mass is 10.1. The second-order valence-corrected chi connectivity index (χ2v) is 8.11. The van der Waals surface area contributed by atoms with Crippen LogP contribution in [0.3, 0.4) is 0 Å². The van der Waals surface area contributed by atoms with Crippen LogP contribution in [0, 0.1) is 5.82 Å². The van der Waals surface area contributed by atoms with Crippen molar-refractivity contribution >= 4 is 39.9 Å². The van der Waals surface area contributed by atoms with Crippen LogP contribution in [0.2, 0.25) is 10.0 Å². The molecule has 2 aromatic carbocycles. The molecule has 2 N–H and O–H groups in total. The first kappa shape index (κ1) is 22.7. The second kappa shape index (κ2) is 10.9. The molecule has 8 heteroatoms. The van der Waals surface area contributed by atoms with Crippen molar-refractivity contribution in [3.8, 4) is 0 Å². The van der Waals surface area contributed by atoms with E-state index in [0.717, 1.165) is 36.1 Å². The van der Waals surface area contributed by atoms with Crippen molar-refractivity contribution in [3.05, 3.63) is 64.2 Å². The SMILES string of the molecule is CC(CCCN(CCO)Cc1c(F)cccc1Cl)Nc1ncnc2cc(Cl)ccc12. The lowest BCUT2D eigenvalue weighted by Crippen LogP contribution is -2.29. The van der Waals surface area contributed by atoms with Gasteiger partial charge in [0.2, 0.25) is 0 Å². The Morgan fingerprint density at radius 1 is 1.17 bits per heavy atom. The van der Waals surface area contributed by atoms with Crippen molar-refractivity contribution in [2.24, 2.45) is 0 Å². The zero-order valence-corrected chi connectivity index (χ0v) is 18.3. The molecule has 30 heavy (non-hydrogen) atoms. The van der Waals surface area contributed by atoms with Gasteiger partial charge in [0.15, 0.2) is 0 Å². The highest BCUT2D eigenvalue weighted by Crippen LogP contribution is 2.24. The number of halogens is 3. The summed E-state index contributed by atoms with van der Waals surface area (Å²) in [6, 6.07) is 10.4. The smallest absolute Gasteiger partial charge is 0.137 e. The molecule has 1 aromatic heterocycles. The molecule has 3 aromatic rings. The number of anilines is 1. The fourth-order valence-corrected chi connectivity index (χ4v) is 3.78. The first-order valence-corrected chi connectivity index (χ1v) is 10.7. The van der Waals surface area contributed by atoms with E-state index in [1.54, 1.807) is 12.1 Å². The van der Waals surface area contributed by atoms with Crippen LogP contribution >= 0.6 is 23.2 Å². The quantitative estimate of drug-likeness (QED) is 0.447. The third kappa shape index (κ3) is 6.01. The largest absolute Gasteiger partial charge is 0.395 e. The Hall–Kier alpha value is -1.99. The maximum Gasteiger partial charge on any atom is 0.137 e. The molecule has 0 radical (unpaired) electrons. The number of rotatable bonds is 10. The van der Waals surface area contributed by atoms with Crippen LogP contribution in [-0.4, -0.2) is 45.7 Å². The van der Waals surface area contributed by atoms with Crippen LogP contribution < -0.4 is 5.32 Å². The third-order valence-corrected chi connectivity index (χ3v) is 5.54. The molecule has 0 saturated carbocycles. The molecule has 0 spiro atoms. The van der Waals surface area contributed by atoms with Gasteiger partial charge in [-0.05, 0) is 56.6 Å². The molecule has 0 aliphatic rings. The summed E-state index contributed by atoms with van der Waals surface area (Å²) in [5.41, 5.74) is 1.26. The maximum atomic E-state index is 14.1. The lowest BCUT2D eigenvalue weighted by Gasteiger charge is -2.23. The van der Waals surface area contributed by atoms with E-state index in [9.17, 15) is 9.50 Å². The van der Waals surface area contributed by atoms with Crippen molar-refractivity contribution in [1.29, 1.82) is 0 Å². The number of hydrogen-bond donors (Lipinski definition) is 2. The predicted octanol–water partition coefficient (Wildman–Crippen LogP) is 5.15. The highest BCUT2D eigenvalue weighted by Gasteiger charge is 2.13. The first-order valence-electron chi connectivity index (χ1n) is 9.91. The van der Waals surface area contributed by atoms with Crippen molar-refractivity contribution in [1.82, 2.24) is 14.9 Å². The Bertz CT molecular complexity index is 968. The Kier molecular flexibility index (Phi) is 8.22. The summed E-state index contributed by atoms with van der Waals surface area (Å²) in [4.78, 5) is 10.6. The summed E-state index contributed by atoms with van der Waals surface area (Å²) >= 11 is 12.2. The van der Waals surface area contributed by atoms with Gasteiger partial charge in [0.1, 0.15) is 18.0 Å². The number of benzene rings is 2. The number of nitrogens with zero attached hydrogens (tertiary/aromatic N) is 3. The van der Waals surface area contributed by atoms with E-state index in [1.165, 1.54) is 12.4 Å². The Morgan fingerprint density at radius 3 is 2.77 bits per heavy atom. The topological polar surface area (TPSA) is 61.3 Å². The van der Waals surface area contributed by atoms with E-state index in [2.05, 4.69) is 22.2 Å². The molecule has 0 saturated heterocycles. The highest BCUT2D eigenvalue weighted by molar-refractivity contribution is 6.31. The standard InChI is InChI=1S/C22H25Cl2FN4O/c1-15(28-22-17-8-7-16(23)12-21(17)26-14-27-22)4-3-9-29(10-11-30)13-18-19(24)5-2-6-20(18)25/h2,5-8,12,14-15,30H,3-4,9-11,13H2,1H3,(H,26,27,28). The van der Waals surface area contributed by atoms with Crippen molar-refractivity contribution in [2.45, 2.75) is 32.4 Å². The first-order chi connectivity index (χ1) is 14.5. The third-order valence-electron chi connectivity index (χ3n) is 4.95. The van der Waals surface area contributed by atoms with Gasteiger partial charge in [0.05, 0.1) is 12.1 Å². The fraction of sp³-hybridized carbons (Fsp3) is 0.364. The summed E-state index contributed by atoms with van der Waals surface area (Å²) in [6.07, 6.45) is 3.27. The average Bonchev–Trinajstić information content (AvgIpc) is 2.70. The highest BCUT2D eigenvalue weighted by atomic mass is 35.5. The predicted molar refractivity (Wildman–Crippen MR) is 121 cm³/mol. The van der Waals surface area contributed by atoms with E-state index in [4.69, 9.17) is 23.2 Å². The van der Waals surface area contributed by atoms with Crippen LogP contribution in [0.15, 0.2) is 42.7 Å². The molecule has 3 rings (SSSR count). The van der Waals surface area contributed by atoms with E-state index in [-0.39, 0.29) is 18.5 Å². The second-order valence-electron chi connectivity index (χ2n) is 7.27. The number of aliphatic hydroxyl groups is 1. The maximum absolute atomic E-state index is 14.1. The van der Waals surface area contributed by atoms with Crippen LogP contribution in [0.25, 0.3) is 10.9 Å². The van der Waals surface area contributed by atoms with E-state index in [0.29, 0.717) is 28.7 Å². The molecule has 0 amide bonds. The van der Waals surface area contributed by atoms with Gasteiger partial charge in [-0.3, -0.25) is 4.90 Å². The summed E-state index contributed by atoms with van der Waals surface area (Å²) in [5, 5.41) is 14.8. The summed E-state index contributed by atoms with van der Waals surface area (Å²) in [5.74, 6) is 0.450. The molecule has 0 bridgehead atoms. The molecule has 0 fully saturated rings. The van der Waals surface area contributed by atoms with E-state index < -0.39 is 0 Å². The van der Waals surface area contributed by atoms with Crippen molar-refractivity contribution in [2.75, 3.05) is 25.0 Å². The van der Waals surface area contributed by atoms with Gasteiger partial charge in [0, 0.05) is 40.1 Å². The molecule has 1 heterocycles. The minimum Gasteiger partial charge on any atom is -0.395 e. The zero-order valence-electron chi connectivity index (χ0n) is 16.8. The van der Waals surface area contributed by atoms with Gasteiger partial charge < -0.3 is 10.4 Å². The van der Waals surface area contributed by atoms with Gasteiger partial charge in [0.25, 0.3) is 0 Å². The van der Waals surface area contributed by atoms with Gasteiger partial charge in [-0.15, -0.1) is 0 Å². The molecule has 5 nitrogen and oxygen atoms in total. The number of aliphatic hydroxyl groups excluding tert-OH is 1. The minimum atomic E-state index is -0.323. The van der Waals surface area contributed by atoms with Gasteiger partial charge in [-0.1, -0.05) is 29.3 Å². The van der Waals surface area contributed by atoms with Gasteiger partial charge >= 0.3 is 0 Å². The van der Waals surface area contributed by atoms with Crippen LogP contribution in [0.1, 0.15) is 25.3 Å². The van der Waals surface area contributed by atoms with E-state index >= 15 is 0 Å². The van der Waals surface area contributed by atoms with Gasteiger partial charge in [-0.25, -0.2) is 14.4 Å². The molecule has 1 unspecified atom stereocenters. The summed E-state index contributed by atoms with van der Waals surface area (Å²) in [6.45, 7) is 3.65. The number of hydrogen-bond acceptors (Lipinski definition) is 5.